The summed E-state index contributed by atoms with van der Waals surface area (Å²) < 4.78 is 41.1. The Bertz CT molecular complexity index is 455. The maximum Gasteiger partial charge on any atom is 0.422 e. The van der Waals surface area contributed by atoms with E-state index in [2.05, 4.69) is 5.32 Å². The van der Waals surface area contributed by atoms with Crippen LogP contribution < -0.4 is 15.8 Å². The maximum atomic E-state index is 12.1. The summed E-state index contributed by atoms with van der Waals surface area (Å²) in [5.74, 6) is -0.498. The summed E-state index contributed by atoms with van der Waals surface area (Å²) >= 11 is 0. The quantitative estimate of drug-likeness (QED) is 0.843. The lowest BCUT2D eigenvalue weighted by Crippen LogP contribution is -2.33. The van der Waals surface area contributed by atoms with Gasteiger partial charge >= 0.3 is 6.18 Å². The molecule has 0 saturated heterocycles. The summed E-state index contributed by atoms with van der Waals surface area (Å²) in [4.78, 5) is 11.6. The molecule has 1 amide bonds. The van der Waals surface area contributed by atoms with Gasteiger partial charge in [0, 0.05) is 24.6 Å². The van der Waals surface area contributed by atoms with Gasteiger partial charge in [-0.15, -0.1) is 12.4 Å². The fourth-order valence-electron chi connectivity index (χ4n) is 1.41. The van der Waals surface area contributed by atoms with Gasteiger partial charge in [-0.1, -0.05) is 25.1 Å². The summed E-state index contributed by atoms with van der Waals surface area (Å²) in [5, 5.41) is 2.61. The summed E-state index contributed by atoms with van der Waals surface area (Å²) in [6.07, 6.45) is -4.40. The van der Waals surface area contributed by atoms with Crippen LogP contribution in [0.2, 0.25) is 0 Å². The highest BCUT2D eigenvalue weighted by Crippen LogP contribution is 2.22. The Hall–Kier alpha value is -1.47. The highest BCUT2D eigenvalue weighted by molar-refractivity contribution is 5.85. The van der Waals surface area contributed by atoms with Gasteiger partial charge in [-0.2, -0.15) is 13.2 Å². The van der Waals surface area contributed by atoms with Crippen molar-refractivity contribution in [3.8, 4) is 5.75 Å². The molecule has 0 bridgehead atoms. The maximum absolute atomic E-state index is 12.1. The molecule has 4 nitrogen and oxygen atoms in total. The van der Waals surface area contributed by atoms with Crippen molar-refractivity contribution in [3.63, 3.8) is 0 Å². The van der Waals surface area contributed by atoms with Crippen LogP contribution in [-0.2, 0) is 11.3 Å². The zero-order chi connectivity index (χ0) is 15.2. The van der Waals surface area contributed by atoms with Gasteiger partial charge in [0.25, 0.3) is 0 Å². The Kier molecular flexibility index (Phi) is 8.12. The van der Waals surface area contributed by atoms with Gasteiger partial charge in [-0.3, -0.25) is 4.79 Å². The molecule has 8 heteroatoms. The number of carbonyl (C=O) groups excluding carboxylic acids is 1. The second-order valence-electron chi connectivity index (χ2n) is 4.37. The van der Waals surface area contributed by atoms with Crippen LogP contribution in [0, 0.1) is 5.92 Å². The number of amides is 1. The molecule has 0 aliphatic rings. The average molecular weight is 327 g/mol. The number of para-hydroxylation sites is 1. The van der Waals surface area contributed by atoms with Crippen molar-refractivity contribution >= 4 is 18.3 Å². The molecule has 3 N–H and O–H groups in total. The first-order chi connectivity index (χ1) is 9.33. The third-order valence-electron chi connectivity index (χ3n) is 2.62. The smallest absolute Gasteiger partial charge is 0.422 e. The molecule has 0 saturated carbocycles. The Morgan fingerprint density at radius 1 is 1.38 bits per heavy atom. The predicted molar refractivity (Wildman–Crippen MR) is 75.3 cm³/mol. The second kappa shape index (κ2) is 8.74. The van der Waals surface area contributed by atoms with Crippen LogP contribution in [0.5, 0.6) is 5.75 Å². The molecule has 0 fully saturated rings. The van der Waals surface area contributed by atoms with Gasteiger partial charge in [-0.05, 0) is 6.07 Å². The third kappa shape index (κ3) is 7.19. The Balaban J connectivity index is 0.00000400. The molecule has 0 aliphatic heterocycles. The highest BCUT2D eigenvalue weighted by Gasteiger charge is 2.28. The van der Waals surface area contributed by atoms with Crippen molar-refractivity contribution in [2.24, 2.45) is 11.7 Å². The Morgan fingerprint density at radius 3 is 2.57 bits per heavy atom. The van der Waals surface area contributed by atoms with Gasteiger partial charge in [0.05, 0.1) is 0 Å². The number of nitrogens with one attached hydrogen (secondary N) is 1. The molecule has 0 aromatic heterocycles. The lowest BCUT2D eigenvalue weighted by Gasteiger charge is -2.14. The van der Waals surface area contributed by atoms with Crippen molar-refractivity contribution in [1.82, 2.24) is 5.32 Å². The monoisotopic (exact) mass is 326 g/mol. The van der Waals surface area contributed by atoms with E-state index < -0.39 is 12.8 Å². The van der Waals surface area contributed by atoms with Gasteiger partial charge < -0.3 is 15.8 Å². The van der Waals surface area contributed by atoms with Crippen molar-refractivity contribution < 1.29 is 22.7 Å². The lowest BCUT2D eigenvalue weighted by molar-refractivity contribution is -0.153. The Morgan fingerprint density at radius 2 is 2.00 bits per heavy atom. The van der Waals surface area contributed by atoms with Gasteiger partial charge in [-0.25, -0.2) is 0 Å². The van der Waals surface area contributed by atoms with Crippen molar-refractivity contribution in [2.45, 2.75) is 19.6 Å². The molecule has 1 unspecified atom stereocenters. The largest absolute Gasteiger partial charge is 0.484 e. The number of rotatable bonds is 6. The van der Waals surface area contributed by atoms with Crippen molar-refractivity contribution in [2.75, 3.05) is 13.2 Å². The number of alkyl halides is 3. The fourth-order valence-corrected chi connectivity index (χ4v) is 1.41. The van der Waals surface area contributed by atoms with E-state index in [1.54, 1.807) is 25.1 Å². The zero-order valence-electron chi connectivity index (χ0n) is 11.4. The molecule has 21 heavy (non-hydrogen) atoms. The van der Waals surface area contributed by atoms with E-state index in [1.165, 1.54) is 6.07 Å². The molecule has 0 heterocycles. The van der Waals surface area contributed by atoms with E-state index in [4.69, 9.17) is 10.5 Å². The van der Waals surface area contributed by atoms with Gasteiger partial charge in [0.2, 0.25) is 5.91 Å². The number of halogens is 4. The SMILES string of the molecule is CC(CN)C(=O)NCc1ccccc1OCC(F)(F)F.Cl. The fraction of sp³-hybridized carbons (Fsp3) is 0.462. The minimum absolute atomic E-state index is 0. The standard InChI is InChI=1S/C13H17F3N2O2.ClH/c1-9(6-17)12(19)18-7-10-4-2-3-5-11(10)20-8-13(14,15)16;/h2-5,9H,6-8,17H2,1H3,(H,18,19);1H. The predicted octanol–water partition coefficient (Wildman–Crippen LogP) is 2.26. The van der Waals surface area contributed by atoms with Crippen LogP contribution in [0.15, 0.2) is 24.3 Å². The van der Waals surface area contributed by atoms with Crippen LogP contribution in [0.1, 0.15) is 12.5 Å². The van der Waals surface area contributed by atoms with E-state index in [-0.39, 0.29) is 43.1 Å². The van der Waals surface area contributed by atoms with E-state index in [9.17, 15) is 18.0 Å². The van der Waals surface area contributed by atoms with E-state index in [1.807, 2.05) is 0 Å². The Labute approximate surface area is 127 Å². The number of hydrogen-bond acceptors (Lipinski definition) is 3. The topological polar surface area (TPSA) is 64.4 Å². The first kappa shape index (κ1) is 19.5. The molecule has 0 radical (unpaired) electrons. The lowest BCUT2D eigenvalue weighted by atomic mass is 10.1. The molecule has 0 spiro atoms. The van der Waals surface area contributed by atoms with Gasteiger partial charge in [0.1, 0.15) is 5.75 Å². The summed E-state index contributed by atoms with van der Waals surface area (Å²) in [6.45, 7) is 0.605. The van der Waals surface area contributed by atoms with Crippen LogP contribution in [0.25, 0.3) is 0 Å². The number of benzene rings is 1. The second-order valence-corrected chi connectivity index (χ2v) is 4.37. The number of hydrogen-bond donors (Lipinski definition) is 2. The molecule has 1 atom stereocenters. The van der Waals surface area contributed by atoms with E-state index >= 15 is 0 Å². The highest BCUT2D eigenvalue weighted by atomic mass is 35.5. The first-order valence-electron chi connectivity index (χ1n) is 6.08. The molecule has 1 aromatic rings. The zero-order valence-corrected chi connectivity index (χ0v) is 12.3. The number of ether oxygens (including phenoxy) is 1. The van der Waals surface area contributed by atoms with E-state index in [0.29, 0.717) is 5.56 Å². The molecule has 1 rings (SSSR count). The molecular formula is C13H18ClF3N2O2. The average Bonchev–Trinajstić information content (AvgIpc) is 2.41. The van der Waals surface area contributed by atoms with Crippen molar-refractivity contribution in [1.29, 1.82) is 0 Å². The summed E-state index contributed by atoms with van der Waals surface area (Å²) in [5.41, 5.74) is 5.84. The molecule has 120 valence electrons. The molecular weight excluding hydrogens is 309 g/mol. The first-order valence-corrected chi connectivity index (χ1v) is 6.08. The third-order valence-corrected chi connectivity index (χ3v) is 2.62. The minimum Gasteiger partial charge on any atom is -0.484 e. The summed E-state index contributed by atoms with van der Waals surface area (Å²) in [7, 11) is 0. The molecule has 1 aromatic carbocycles. The van der Waals surface area contributed by atoms with Crippen LogP contribution in [0.4, 0.5) is 13.2 Å². The normalized spacial score (nSPS) is 12.2. The van der Waals surface area contributed by atoms with Crippen LogP contribution in [-0.4, -0.2) is 25.2 Å². The van der Waals surface area contributed by atoms with Crippen molar-refractivity contribution in [3.05, 3.63) is 29.8 Å². The minimum atomic E-state index is -4.40. The van der Waals surface area contributed by atoms with E-state index in [0.717, 1.165) is 0 Å². The number of nitrogens with two attached hydrogens (primary N) is 1. The molecule has 0 aliphatic carbocycles. The van der Waals surface area contributed by atoms with Crippen LogP contribution >= 0.6 is 12.4 Å². The van der Waals surface area contributed by atoms with Gasteiger partial charge in [0.15, 0.2) is 6.61 Å². The summed E-state index contributed by atoms with van der Waals surface area (Å²) in [6, 6.07) is 6.26. The number of carbonyl (C=O) groups is 1. The van der Waals surface area contributed by atoms with Crippen LogP contribution in [0.3, 0.4) is 0 Å².